The topological polar surface area (TPSA) is 12.0 Å². The summed E-state index contributed by atoms with van der Waals surface area (Å²) >= 11 is 5.66. The molecule has 4 aliphatic carbocycles. The fraction of sp³-hybridized carbons (Fsp3) is 0.778. The Balaban J connectivity index is 1.56. The second-order valence-electron chi connectivity index (χ2n) is 8.02. The zero-order valence-corrected chi connectivity index (χ0v) is 15.5. The lowest BCUT2D eigenvalue weighted by atomic mass is 9.48. The highest BCUT2D eigenvalue weighted by molar-refractivity contribution is 9.10. The van der Waals surface area contributed by atoms with Crippen molar-refractivity contribution < 1.29 is 0 Å². The van der Waals surface area contributed by atoms with E-state index in [0.29, 0.717) is 11.5 Å². The van der Waals surface area contributed by atoms with E-state index in [1.54, 1.807) is 19.3 Å². The second kappa shape index (κ2) is 5.35. The molecular formula is C18H26BrNS. The molecule has 0 spiro atoms. The summed E-state index contributed by atoms with van der Waals surface area (Å²) in [7, 11) is 2.15. The summed E-state index contributed by atoms with van der Waals surface area (Å²) in [5.41, 5.74) is 0.660. The van der Waals surface area contributed by atoms with Crippen LogP contribution in [-0.2, 0) is 0 Å². The molecule has 0 saturated heterocycles. The van der Waals surface area contributed by atoms with Crippen molar-refractivity contribution in [1.29, 1.82) is 0 Å². The normalized spacial score (nSPS) is 38.9. The monoisotopic (exact) mass is 367 g/mol. The number of hydrogen-bond donors (Lipinski definition) is 1. The van der Waals surface area contributed by atoms with E-state index in [1.165, 1.54) is 39.9 Å². The Morgan fingerprint density at radius 3 is 2.24 bits per heavy atom. The minimum absolute atomic E-state index is 0.552. The molecule has 1 aromatic rings. The van der Waals surface area contributed by atoms with Crippen molar-refractivity contribution in [2.24, 2.45) is 23.2 Å². The van der Waals surface area contributed by atoms with E-state index >= 15 is 0 Å². The summed E-state index contributed by atoms with van der Waals surface area (Å²) in [6.07, 6.45) is 10.6. The highest BCUT2D eigenvalue weighted by atomic mass is 79.9. The van der Waals surface area contributed by atoms with Crippen molar-refractivity contribution >= 4 is 27.3 Å². The molecule has 1 N–H and O–H groups in total. The zero-order valence-electron chi connectivity index (χ0n) is 13.1. The SMILES string of the molecule is CNC(CC12CC3CC(CC(C3)C1)C2)c1cc(Br)c(C)s1. The molecule has 0 amide bonds. The minimum Gasteiger partial charge on any atom is -0.312 e. The maximum Gasteiger partial charge on any atom is 0.0418 e. The second-order valence-corrected chi connectivity index (χ2v) is 10.2. The fourth-order valence-corrected chi connectivity index (χ4v) is 7.64. The molecule has 1 atom stereocenters. The third-order valence-electron chi connectivity index (χ3n) is 6.37. The van der Waals surface area contributed by atoms with Gasteiger partial charge in [0.2, 0.25) is 0 Å². The smallest absolute Gasteiger partial charge is 0.0418 e. The Labute approximate surface area is 141 Å². The fourth-order valence-electron chi connectivity index (χ4n) is 5.97. The first-order chi connectivity index (χ1) is 10.1. The summed E-state index contributed by atoms with van der Waals surface area (Å²) in [5.74, 6) is 3.18. The molecule has 3 heteroatoms. The summed E-state index contributed by atoms with van der Waals surface area (Å²) in [6, 6.07) is 2.90. The summed E-state index contributed by atoms with van der Waals surface area (Å²) in [5, 5.41) is 3.62. The Hall–Kier alpha value is 0.140. The van der Waals surface area contributed by atoms with Gasteiger partial charge in [-0.25, -0.2) is 0 Å². The lowest BCUT2D eigenvalue weighted by Crippen LogP contribution is -2.47. The first kappa shape index (κ1) is 14.7. The minimum atomic E-state index is 0.552. The number of thiophene rings is 1. The highest BCUT2D eigenvalue weighted by Crippen LogP contribution is 2.62. The van der Waals surface area contributed by atoms with Crippen molar-refractivity contribution in [3.8, 4) is 0 Å². The Bertz CT molecular complexity index is 481. The standard InChI is InChI=1S/C18H26BrNS/c1-11-15(19)6-17(21-11)16(20-2)10-18-7-12-3-13(8-18)5-14(4-12)9-18/h6,12-14,16,20H,3-5,7-10H2,1-2H3. The van der Waals surface area contributed by atoms with Crippen molar-refractivity contribution in [3.05, 3.63) is 20.3 Å². The van der Waals surface area contributed by atoms with Crippen molar-refractivity contribution in [2.75, 3.05) is 7.05 Å². The average molecular weight is 368 g/mol. The molecule has 1 aromatic heterocycles. The highest BCUT2D eigenvalue weighted by Gasteiger charge is 2.51. The predicted molar refractivity (Wildman–Crippen MR) is 93.8 cm³/mol. The molecule has 1 nitrogen and oxygen atoms in total. The van der Waals surface area contributed by atoms with E-state index in [2.05, 4.69) is 41.3 Å². The van der Waals surface area contributed by atoms with Crippen LogP contribution in [0.3, 0.4) is 0 Å². The van der Waals surface area contributed by atoms with Crippen LogP contribution in [0.5, 0.6) is 0 Å². The summed E-state index contributed by atoms with van der Waals surface area (Å²) in [6.45, 7) is 2.22. The van der Waals surface area contributed by atoms with E-state index in [-0.39, 0.29) is 0 Å². The molecule has 4 saturated carbocycles. The molecule has 4 aliphatic rings. The first-order valence-corrected chi connectivity index (χ1v) is 10.1. The molecule has 116 valence electrons. The van der Waals surface area contributed by atoms with Crippen molar-refractivity contribution in [1.82, 2.24) is 5.32 Å². The molecule has 1 heterocycles. The molecule has 0 radical (unpaired) electrons. The van der Waals surface area contributed by atoms with Crippen LogP contribution in [-0.4, -0.2) is 7.05 Å². The lowest BCUT2D eigenvalue weighted by molar-refractivity contribution is -0.0618. The summed E-state index contributed by atoms with van der Waals surface area (Å²) < 4.78 is 1.29. The van der Waals surface area contributed by atoms with E-state index in [9.17, 15) is 0 Å². The number of hydrogen-bond acceptors (Lipinski definition) is 2. The number of aryl methyl sites for hydroxylation is 1. The van der Waals surface area contributed by atoms with Gasteiger partial charge >= 0.3 is 0 Å². The number of halogens is 1. The van der Waals surface area contributed by atoms with Gasteiger partial charge in [-0.3, -0.25) is 0 Å². The van der Waals surface area contributed by atoms with Gasteiger partial charge in [-0.15, -0.1) is 11.3 Å². The summed E-state index contributed by atoms with van der Waals surface area (Å²) in [4.78, 5) is 2.94. The molecule has 1 unspecified atom stereocenters. The van der Waals surface area contributed by atoms with Crippen LogP contribution in [0.15, 0.2) is 10.5 Å². The van der Waals surface area contributed by atoms with Gasteiger partial charge in [0, 0.05) is 20.3 Å². The molecule has 0 aromatic carbocycles. The Morgan fingerprint density at radius 1 is 1.24 bits per heavy atom. The van der Waals surface area contributed by atoms with E-state index in [4.69, 9.17) is 0 Å². The van der Waals surface area contributed by atoms with Crippen LogP contribution in [0, 0.1) is 30.1 Å². The maximum atomic E-state index is 3.69. The number of nitrogens with one attached hydrogen (secondary N) is 1. The van der Waals surface area contributed by atoms with Gasteiger partial charge in [-0.2, -0.15) is 0 Å². The molecular weight excluding hydrogens is 342 g/mol. The largest absolute Gasteiger partial charge is 0.312 e. The first-order valence-electron chi connectivity index (χ1n) is 8.50. The van der Waals surface area contributed by atoms with Crippen LogP contribution in [0.25, 0.3) is 0 Å². The molecule has 0 aliphatic heterocycles. The molecule has 4 fully saturated rings. The third kappa shape index (κ3) is 2.64. The Morgan fingerprint density at radius 2 is 1.81 bits per heavy atom. The van der Waals surface area contributed by atoms with Crippen LogP contribution in [0.1, 0.15) is 60.7 Å². The quantitative estimate of drug-likeness (QED) is 0.720. The van der Waals surface area contributed by atoms with Crippen LogP contribution >= 0.6 is 27.3 Å². The van der Waals surface area contributed by atoms with Crippen molar-refractivity contribution in [3.63, 3.8) is 0 Å². The van der Waals surface area contributed by atoms with Crippen LogP contribution in [0.2, 0.25) is 0 Å². The van der Waals surface area contributed by atoms with Crippen LogP contribution < -0.4 is 5.32 Å². The average Bonchev–Trinajstić information content (AvgIpc) is 2.74. The van der Waals surface area contributed by atoms with Crippen LogP contribution in [0.4, 0.5) is 0 Å². The third-order valence-corrected chi connectivity index (χ3v) is 8.62. The zero-order chi connectivity index (χ0) is 14.6. The van der Waals surface area contributed by atoms with Gasteiger partial charge in [0.15, 0.2) is 0 Å². The van der Waals surface area contributed by atoms with Gasteiger partial charge < -0.3 is 5.32 Å². The maximum absolute atomic E-state index is 3.69. The van der Waals surface area contributed by atoms with Gasteiger partial charge in [-0.1, -0.05) is 0 Å². The van der Waals surface area contributed by atoms with E-state index < -0.39 is 0 Å². The van der Waals surface area contributed by atoms with Gasteiger partial charge in [-0.05, 0) is 104 Å². The van der Waals surface area contributed by atoms with E-state index in [1.807, 2.05) is 11.3 Å². The molecule has 5 rings (SSSR count). The molecule has 21 heavy (non-hydrogen) atoms. The Kier molecular flexibility index (Phi) is 3.75. The number of rotatable bonds is 4. The van der Waals surface area contributed by atoms with E-state index in [0.717, 1.165) is 17.8 Å². The molecule has 4 bridgehead atoms. The van der Waals surface area contributed by atoms with Gasteiger partial charge in [0.1, 0.15) is 0 Å². The predicted octanol–water partition coefficient (Wildman–Crippen LogP) is 5.69. The lowest BCUT2D eigenvalue weighted by Gasteiger charge is -2.57. The van der Waals surface area contributed by atoms with Crippen molar-refractivity contribution in [2.45, 2.75) is 57.9 Å². The van der Waals surface area contributed by atoms with Gasteiger partial charge in [0.05, 0.1) is 0 Å². The van der Waals surface area contributed by atoms with Gasteiger partial charge in [0.25, 0.3) is 0 Å².